The van der Waals surface area contributed by atoms with Crippen LogP contribution in [0.2, 0.25) is 19.6 Å². The Labute approximate surface area is 86.2 Å². The molecule has 0 unspecified atom stereocenters. The number of benzene rings is 1. The van der Waals surface area contributed by atoms with Crippen LogP contribution in [-0.4, -0.2) is 14.4 Å². The van der Waals surface area contributed by atoms with Crippen molar-refractivity contribution >= 4 is 14.4 Å². The third-order valence-corrected chi connectivity index (χ3v) is 2.48. The highest BCUT2D eigenvalue weighted by Gasteiger charge is 2.07. The molecule has 0 atom stereocenters. The molecule has 0 aliphatic carbocycles. The first-order chi connectivity index (χ1) is 6.51. The van der Waals surface area contributed by atoms with Crippen LogP contribution in [0.15, 0.2) is 24.3 Å². The molecule has 72 valence electrons. The number of rotatable bonds is 1. The van der Waals surface area contributed by atoms with E-state index in [2.05, 4.69) is 31.1 Å². The maximum absolute atomic E-state index is 10.5. The summed E-state index contributed by atoms with van der Waals surface area (Å²) in [6.45, 7) is 6.59. The Morgan fingerprint density at radius 3 is 2.57 bits per heavy atom. The van der Waals surface area contributed by atoms with Crippen LogP contribution in [0.4, 0.5) is 0 Å². The Hall–Kier alpha value is -1.33. The molecule has 14 heavy (non-hydrogen) atoms. The minimum atomic E-state index is -1.32. The first-order valence-corrected chi connectivity index (χ1v) is 8.10. The van der Waals surface area contributed by atoms with Gasteiger partial charge < -0.3 is 0 Å². The van der Waals surface area contributed by atoms with E-state index in [1.807, 2.05) is 18.2 Å². The summed E-state index contributed by atoms with van der Waals surface area (Å²) >= 11 is 0. The maximum Gasteiger partial charge on any atom is 0.150 e. The molecule has 0 amide bonds. The highest BCUT2D eigenvalue weighted by Crippen LogP contribution is 2.03. The predicted octanol–water partition coefficient (Wildman–Crippen LogP) is 2.73. The Morgan fingerprint density at radius 1 is 1.29 bits per heavy atom. The summed E-state index contributed by atoms with van der Waals surface area (Å²) in [6.07, 6.45) is 0.847. The molecular formula is C12H14OSi. The zero-order valence-corrected chi connectivity index (χ0v) is 9.79. The topological polar surface area (TPSA) is 17.1 Å². The second-order valence-corrected chi connectivity index (χ2v) is 8.99. The lowest BCUT2D eigenvalue weighted by atomic mass is 10.1. The SMILES string of the molecule is C[Si](C)(C)C#Cc1cccc(C=O)c1. The van der Waals surface area contributed by atoms with E-state index in [4.69, 9.17) is 0 Å². The van der Waals surface area contributed by atoms with Crippen LogP contribution in [-0.2, 0) is 0 Å². The monoisotopic (exact) mass is 202 g/mol. The van der Waals surface area contributed by atoms with Crippen molar-refractivity contribution in [2.24, 2.45) is 0 Å². The summed E-state index contributed by atoms with van der Waals surface area (Å²) in [4.78, 5) is 10.5. The third kappa shape index (κ3) is 3.59. The van der Waals surface area contributed by atoms with Crippen LogP contribution < -0.4 is 0 Å². The molecule has 1 aromatic rings. The zero-order valence-electron chi connectivity index (χ0n) is 8.79. The summed E-state index contributed by atoms with van der Waals surface area (Å²) in [5.74, 6) is 3.11. The van der Waals surface area contributed by atoms with Gasteiger partial charge in [-0.25, -0.2) is 0 Å². The molecule has 0 radical (unpaired) electrons. The van der Waals surface area contributed by atoms with Gasteiger partial charge in [0.25, 0.3) is 0 Å². The second-order valence-electron chi connectivity index (χ2n) is 4.24. The van der Waals surface area contributed by atoms with Gasteiger partial charge in [-0.2, -0.15) is 0 Å². The van der Waals surface area contributed by atoms with Crippen molar-refractivity contribution in [1.82, 2.24) is 0 Å². The van der Waals surface area contributed by atoms with Crippen LogP contribution in [0.3, 0.4) is 0 Å². The van der Waals surface area contributed by atoms with Crippen LogP contribution in [0.5, 0.6) is 0 Å². The van der Waals surface area contributed by atoms with E-state index >= 15 is 0 Å². The largest absolute Gasteiger partial charge is 0.298 e. The molecule has 0 saturated heterocycles. The van der Waals surface area contributed by atoms with E-state index in [1.54, 1.807) is 6.07 Å². The minimum absolute atomic E-state index is 0.687. The van der Waals surface area contributed by atoms with Crippen LogP contribution in [0.25, 0.3) is 0 Å². The number of hydrogen-bond acceptors (Lipinski definition) is 1. The summed E-state index contributed by atoms with van der Waals surface area (Å²) in [7, 11) is -1.32. The van der Waals surface area contributed by atoms with Crippen molar-refractivity contribution in [2.45, 2.75) is 19.6 Å². The number of carbonyl (C=O) groups is 1. The lowest BCUT2D eigenvalue weighted by Crippen LogP contribution is -2.16. The van der Waals surface area contributed by atoms with Gasteiger partial charge in [-0.15, -0.1) is 5.54 Å². The van der Waals surface area contributed by atoms with E-state index in [-0.39, 0.29) is 0 Å². The first kappa shape index (κ1) is 10.7. The second kappa shape index (κ2) is 4.25. The number of aldehydes is 1. The quantitative estimate of drug-likeness (QED) is 0.389. The minimum Gasteiger partial charge on any atom is -0.298 e. The molecule has 0 spiro atoms. The summed E-state index contributed by atoms with van der Waals surface area (Å²) in [5, 5.41) is 0. The smallest absolute Gasteiger partial charge is 0.150 e. The average Bonchev–Trinajstić information content (AvgIpc) is 2.14. The summed E-state index contributed by atoms with van der Waals surface area (Å²) in [6, 6.07) is 7.39. The molecule has 0 aliphatic heterocycles. The van der Waals surface area contributed by atoms with Crippen LogP contribution in [0.1, 0.15) is 15.9 Å². The van der Waals surface area contributed by atoms with Crippen LogP contribution >= 0.6 is 0 Å². The molecule has 0 fully saturated rings. The highest BCUT2D eigenvalue weighted by atomic mass is 28.3. The van der Waals surface area contributed by atoms with Crippen molar-refractivity contribution in [3.63, 3.8) is 0 Å². The van der Waals surface area contributed by atoms with E-state index < -0.39 is 8.07 Å². The van der Waals surface area contributed by atoms with E-state index in [1.165, 1.54) is 0 Å². The Kier molecular flexibility index (Phi) is 3.26. The maximum atomic E-state index is 10.5. The lowest BCUT2D eigenvalue weighted by Gasteiger charge is -2.03. The molecule has 0 aliphatic rings. The van der Waals surface area contributed by atoms with E-state index in [0.29, 0.717) is 5.56 Å². The predicted molar refractivity (Wildman–Crippen MR) is 62.1 cm³/mol. The normalized spacial score (nSPS) is 10.2. The Balaban J connectivity index is 2.96. The van der Waals surface area contributed by atoms with Crippen molar-refractivity contribution in [3.05, 3.63) is 35.4 Å². The highest BCUT2D eigenvalue weighted by molar-refractivity contribution is 6.83. The summed E-state index contributed by atoms with van der Waals surface area (Å²) in [5.41, 5.74) is 4.88. The van der Waals surface area contributed by atoms with Crippen molar-refractivity contribution in [2.75, 3.05) is 0 Å². The molecule has 0 bridgehead atoms. The lowest BCUT2D eigenvalue weighted by molar-refractivity contribution is 0.112. The average molecular weight is 202 g/mol. The Bertz CT molecular complexity index is 391. The van der Waals surface area contributed by atoms with Gasteiger partial charge in [0.2, 0.25) is 0 Å². The van der Waals surface area contributed by atoms with Gasteiger partial charge in [0.1, 0.15) is 14.4 Å². The first-order valence-electron chi connectivity index (χ1n) is 4.60. The van der Waals surface area contributed by atoms with Gasteiger partial charge in [0.05, 0.1) is 0 Å². The van der Waals surface area contributed by atoms with Gasteiger partial charge in [-0.05, 0) is 12.1 Å². The molecule has 1 nitrogen and oxygen atoms in total. The fourth-order valence-corrected chi connectivity index (χ4v) is 1.47. The molecule has 0 saturated carbocycles. The van der Waals surface area contributed by atoms with Crippen molar-refractivity contribution in [1.29, 1.82) is 0 Å². The number of hydrogen-bond donors (Lipinski definition) is 0. The zero-order chi connectivity index (χ0) is 10.6. The fourth-order valence-electron chi connectivity index (χ4n) is 0.949. The fraction of sp³-hybridized carbons (Fsp3) is 0.250. The van der Waals surface area contributed by atoms with Gasteiger partial charge >= 0.3 is 0 Å². The molecule has 2 heteroatoms. The number of carbonyl (C=O) groups excluding carboxylic acids is 1. The van der Waals surface area contributed by atoms with Gasteiger partial charge in [-0.1, -0.05) is 37.7 Å². The van der Waals surface area contributed by atoms with E-state index in [0.717, 1.165) is 11.8 Å². The van der Waals surface area contributed by atoms with Gasteiger partial charge in [0, 0.05) is 11.1 Å². The molecular weight excluding hydrogens is 188 g/mol. The Morgan fingerprint density at radius 2 is 2.00 bits per heavy atom. The third-order valence-electron chi connectivity index (χ3n) is 1.60. The molecule has 1 aromatic carbocycles. The summed E-state index contributed by atoms with van der Waals surface area (Å²) < 4.78 is 0. The molecule has 1 rings (SSSR count). The van der Waals surface area contributed by atoms with E-state index in [9.17, 15) is 4.79 Å². The standard InChI is InChI=1S/C12H14OSi/c1-14(2,3)8-7-11-5-4-6-12(9-11)10-13/h4-6,9-10H,1-3H3. The van der Waals surface area contributed by atoms with Gasteiger partial charge in [-0.3, -0.25) is 4.79 Å². The molecule has 0 aromatic heterocycles. The van der Waals surface area contributed by atoms with Crippen LogP contribution in [0, 0.1) is 11.5 Å². The molecule has 0 N–H and O–H groups in total. The van der Waals surface area contributed by atoms with Gasteiger partial charge in [0.15, 0.2) is 0 Å². The van der Waals surface area contributed by atoms with Crippen molar-refractivity contribution < 1.29 is 4.79 Å². The van der Waals surface area contributed by atoms with Crippen molar-refractivity contribution in [3.8, 4) is 11.5 Å². The molecule has 0 heterocycles.